The number of carbonyl (C=O) groups excluding carboxylic acids is 2. The number of nitro groups is 1. The topological polar surface area (TPSA) is 98.5 Å². The number of thioether (sulfide) groups is 2. The fourth-order valence-corrected chi connectivity index (χ4v) is 3.51. The number of rotatable bonds is 8. The predicted molar refractivity (Wildman–Crippen MR) is 106 cm³/mol. The Hall–Kier alpha value is -2.52. The van der Waals surface area contributed by atoms with Gasteiger partial charge in [0, 0.05) is 21.9 Å². The van der Waals surface area contributed by atoms with Crippen molar-refractivity contribution in [3.05, 3.63) is 58.6 Å². The number of hydrogen-bond acceptors (Lipinski definition) is 7. The molecule has 0 aliphatic carbocycles. The monoisotopic (exact) mass is 406 g/mol. The van der Waals surface area contributed by atoms with Crippen molar-refractivity contribution in [3.8, 4) is 0 Å². The largest absolute Gasteiger partial charge is 0.455 e. The summed E-state index contributed by atoms with van der Waals surface area (Å²) in [6.45, 7) is 1.27. The van der Waals surface area contributed by atoms with Gasteiger partial charge in [0.25, 0.3) is 11.6 Å². The van der Waals surface area contributed by atoms with Crippen molar-refractivity contribution in [2.45, 2.75) is 22.0 Å². The van der Waals surface area contributed by atoms with Gasteiger partial charge in [-0.05, 0) is 37.4 Å². The highest BCUT2D eigenvalue weighted by molar-refractivity contribution is 8.00. The molecule has 7 nitrogen and oxygen atoms in total. The van der Waals surface area contributed by atoms with Crippen molar-refractivity contribution in [3.63, 3.8) is 0 Å². The molecule has 0 fully saturated rings. The molecule has 1 atom stereocenters. The summed E-state index contributed by atoms with van der Waals surface area (Å²) in [6.07, 6.45) is 1.90. The van der Waals surface area contributed by atoms with E-state index in [2.05, 4.69) is 5.32 Å². The van der Waals surface area contributed by atoms with E-state index in [-0.39, 0.29) is 12.3 Å². The maximum Gasteiger partial charge on any atom is 0.319 e. The molecule has 0 spiro atoms. The maximum absolute atomic E-state index is 12.1. The van der Waals surface area contributed by atoms with Crippen molar-refractivity contribution in [2.75, 3.05) is 18.2 Å². The third-order valence-electron chi connectivity index (χ3n) is 3.42. The molecule has 1 amide bonds. The van der Waals surface area contributed by atoms with E-state index in [4.69, 9.17) is 4.74 Å². The van der Waals surface area contributed by atoms with Crippen molar-refractivity contribution in [1.29, 1.82) is 0 Å². The molecule has 0 aromatic heterocycles. The minimum absolute atomic E-state index is 0.0169. The number of nitro benzene ring substituents is 1. The van der Waals surface area contributed by atoms with E-state index in [1.165, 1.54) is 35.7 Å². The number of carbonyl (C=O) groups is 2. The van der Waals surface area contributed by atoms with Crippen LogP contribution < -0.4 is 5.32 Å². The van der Waals surface area contributed by atoms with Gasteiger partial charge in [0.2, 0.25) is 0 Å². The van der Waals surface area contributed by atoms with Crippen molar-refractivity contribution >= 4 is 46.8 Å². The molecule has 2 aromatic rings. The Balaban J connectivity index is 1.83. The van der Waals surface area contributed by atoms with Crippen LogP contribution in [0.3, 0.4) is 0 Å². The first-order valence-electron chi connectivity index (χ1n) is 7.91. The Labute approximate surface area is 165 Å². The van der Waals surface area contributed by atoms with Crippen LogP contribution in [-0.2, 0) is 14.3 Å². The van der Waals surface area contributed by atoms with Gasteiger partial charge in [-0.3, -0.25) is 19.7 Å². The third-order valence-corrected chi connectivity index (χ3v) is 5.31. The first-order valence-corrected chi connectivity index (χ1v) is 10.0. The first kappa shape index (κ1) is 20.8. The lowest BCUT2D eigenvalue weighted by Gasteiger charge is -2.12. The Morgan fingerprint density at radius 2 is 1.85 bits per heavy atom. The van der Waals surface area contributed by atoms with Gasteiger partial charge < -0.3 is 10.1 Å². The summed E-state index contributed by atoms with van der Waals surface area (Å²) in [5, 5.41) is 12.8. The second kappa shape index (κ2) is 9.98. The number of nitrogens with zero attached hydrogens (tertiary/aromatic N) is 1. The molecule has 2 aromatic carbocycles. The highest BCUT2D eigenvalue weighted by Crippen LogP contribution is 2.26. The zero-order valence-corrected chi connectivity index (χ0v) is 16.3. The lowest BCUT2D eigenvalue weighted by atomic mass is 10.3. The van der Waals surface area contributed by atoms with Crippen LogP contribution in [0.15, 0.2) is 58.3 Å². The molecule has 9 heteroatoms. The van der Waals surface area contributed by atoms with E-state index < -0.39 is 22.0 Å². The molecule has 1 N–H and O–H groups in total. The zero-order chi connectivity index (χ0) is 19.8. The molecule has 0 radical (unpaired) electrons. The van der Waals surface area contributed by atoms with Gasteiger partial charge in [0.05, 0.1) is 10.6 Å². The van der Waals surface area contributed by atoms with Crippen molar-refractivity contribution in [2.24, 2.45) is 0 Å². The number of para-hydroxylation sites is 1. The van der Waals surface area contributed by atoms with E-state index in [1.807, 2.05) is 24.5 Å². The van der Waals surface area contributed by atoms with Crippen LogP contribution in [0.5, 0.6) is 0 Å². The molecule has 142 valence electrons. The van der Waals surface area contributed by atoms with Gasteiger partial charge in [-0.2, -0.15) is 0 Å². The smallest absolute Gasteiger partial charge is 0.319 e. The molecule has 27 heavy (non-hydrogen) atoms. The molecular formula is C18H18N2O5S2. The van der Waals surface area contributed by atoms with Gasteiger partial charge in [0.1, 0.15) is 5.25 Å². The van der Waals surface area contributed by atoms with Crippen LogP contribution in [0.25, 0.3) is 0 Å². The lowest BCUT2D eigenvalue weighted by molar-refractivity contribution is -0.384. The average molecular weight is 406 g/mol. The number of ether oxygens (including phenoxy) is 1. The number of anilines is 1. The van der Waals surface area contributed by atoms with E-state index in [0.717, 1.165) is 4.90 Å². The molecule has 0 heterocycles. The summed E-state index contributed by atoms with van der Waals surface area (Å²) in [4.78, 5) is 35.8. The number of esters is 1. The van der Waals surface area contributed by atoms with Crippen LogP contribution in [0.1, 0.15) is 6.92 Å². The fourth-order valence-electron chi connectivity index (χ4n) is 2.09. The summed E-state index contributed by atoms with van der Waals surface area (Å²) >= 11 is 2.70. The summed E-state index contributed by atoms with van der Waals surface area (Å²) in [7, 11) is 0. The van der Waals surface area contributed by atoms with E-state index >= 15 is 0 Å². The predicted octanol–water partition coefficient (Wildman–Crippen LogP) is 3.98. The standard InChI is InChI=1S/C18H18N2O5S2/c1-12(27-14-9-7-13(8-10-14)20(23)24)18(22)25-11-17(21)19-15-5-3-4-6-16(15)26-2/h3-10,12H,11H2,1-2H3,(H,19,21)/t12-/m0/s1. The Morgan fingerprint density at radius 3 is 2.48 bits per heavy atom. The normalized spacial score (nSPS) is 11.5. The van der Waals surface area contributed by atoms with Crippen LogP contribution in [0.2, 0.25) is 0 Å². The molecule has 0 saturated carbocycles. The molecular weight excluding hydrogens is 388 g/mol. The lowest BCUT2D eigenvalue weighted by Crippen LogP contribution is -2.25. The minimum atomic E-state index is -0.558. The van der Waals surface area contributed by atoms with Crippen molar-refractivity contribution in [1.82, 2.24) is 0 Å². The van der Waals surface area contributed by atoms with Crippen LogP contribution >= 0.6 is 23.5 Å². The Kier molecular flexibility index (Phi) is 7.68. The highest BCUT2D eigenvalue weighted by Gasteiger charge is 2.18. The molecule has 0 aliphatic heterocycles. The van der Waals surface area contributed by atoms with Gasteiger partial charge in [0.15, 0.2) is 6.61 Å². The van der Waals surface area contributed by atoms with E-state index in [0.29, 0.717) is 10.6 Å². The quantitative estimate of drug-likeness (QED) is 0.306. The summed E-state index contributed by atoms with van der Waals surface area (Å²) < 4.78 is 5.06. The Bertz CT molecular complexity index is 827. The summed E-state index contributed by atoms with van der Waals surface area (Å²) in [5.41, 5.74) is 0.649. The van der Waals surface area contributed by atoms with Gasteiger partial charge >= 0.3 is 5.97 Å². The van der Waals surface area contributed by atoms with Gasteiger partial charge in [-0.25, -0.2) is 0 Å². The second-order valence-electron chi connectivity index (χ2n) is 5.37. The second-order valence-corrected chi connectivity index (χ2v) is 7.63. The third kappa shape index (κ3) is 6.30. The SMILES string of the molecule is CSc1ccccc1NC(=O)COC(=O)[C@H](C)Sc1ccc([N+](=O)[O-])cc1. The zero-order valence-electron chi connectivity index (χ0n) is 14.7. The number of nitrogens with one attached hydrogen (secondary N) is 1. The van der Waals surface area contributed by atoms with Gasteiger partial charge in [-0.15, -0.1) is 23.5 Å². The first-order chi connectivity index (χ1) is 12.9. The number of non-ortho nitro benzene ring substituents is 1. The summed E-state index contributed by atoms with van der Waals surface area (Å²) in [5.74, 6) is -0.955. The van der Waals surface area contributed by atoms with E-state index in [9.17, 15) is 19.7 Å². The van der Waals surface area contributed by atoms with Crippen LogP contribution in [0.4, 0.5) is 11.4 Å². The van der Waals surface area contributed by atoms with Crippen LogP contribution in [-0.4, -0.2) is 34.9 Å². The number of hydrogen-bond donors (Lipinski definition) is 1. The fraction of sp³-hybridized carbons (Fsp3) is 0.222. The Morgan fingerprint density at radius 1 is 1.19 bits per heavy atom. The van der Waals surface area contributed by atoms with Gasteiger partial charge in [-0.1, -0.05) is 12.1 Å². The van der Waals surface area contributed by atoms with Crippen molar-refractivity contribution < 1.29 is 19.2 Å². The molecule has 0 unspecified atom stereocenters. The number of amides is 1. The van der Waals surface area contributed by atoms with E-state index in [1.54, 1.807) is 25.1 Å². The molecule has 0 bridgehead atoms. The van der Waals surface area contributed by atoms with Crippen LogP contribution in [0, 0.1) is 10.1 Å². The molecule has 0 saturated heterocycles. The minimum Gasteiger partial charge on any atom is -0.455 e. The number of benzene rings is 2. The molecule has 2 rings (SSSR count). The average Bonchev–Trinajstić information content (AvgIpc) is 2.66. The highest BCUT2D eigenvalue weighted by atomic mass is 32.2. The summed E-state index contributed by atoms with van der Waals surface area (Å²) in [6, 6.07) is 13.2. The molecule has 0 aliphatic rings. The maximum atomic E-state index is 12.1.